The number of thiophene rings is 1. The van der Waals surface area contributed by atoms with E-state index in [-0.39, 0.29) is 23.1 Å². The Labute approximate surface area is 189 Å². The van der Waals surface area contributed by atoms with Crippen molar-refractivity contribution < 1.29 is 9.59 Å². The van der Waals surface area contributed by atoms with Gasteiger partial charge in [0.1, 0.15) is 10.8 Å². The Morgan fingerprint density at radius 3 is 2.31 bits per heavy atom. The number of carbonyl (C=O) groups is 2. The monoisotopic (exact) mass is 434 g/mol. The van der Waals surface area contributed by atoms with E-state index in [1.165, 1.54) is 11.1 Å². The number of carbonyl (C=O) groups excluding carboxylic acids is 2. The summed E-state index contributed by atoms with van der Waals surface area (Å²) < 4.78 is 0. The summed E-state index contributed by atoms with van der Waals surface area (Å²) in [6, 6.07) is 23.5. The van der Waals surface area contributed by atoms with Crippen molar-refractivity contribution in [2.45, 2.75) is 12.8 Å². The molecule has 1 aliphatic heterocycles. The lowest BCUT2D eigenvalue weighted by Crippen LogP contribution is -2.20. The summed E-state index contributed by atoms with van der Waals surface area (Å²) in [6.45, 7) is 2.20. The topological polar surface area (TPSA) is 50.3 Å². The Balaban J connectivity index is 1.44. The van der Waals surface area contributed by atoms with E-state index in [0.29, 0.717) is 11.1 Å². The SMILES string of the molecule is CC1c2ccccc2N(c2ccc(C=C3C(=O)c4ccccc4C3=O)s2)c2ncccc21. The smallest absolute Gasteiger partial charge is 0.197 e. The second-order valence-electron chi connectivity index (χ2n) is 7.97. The molecule has 0 saturated carbocycles. The highest BCUT2D eigenvalue weighted by Gasteiger charge is 2.33. The zero-order chi connectivity index (χ0) is 21.8. The van der Waals surface area contributed by atoms with Gasteiger partial charge in [0.25, 0.3) is 0 Å². The molecule has 1 aliphatic carbocycles. The molecule has 0 bridgehead atoms. The maximum Gasteiger partial charge on any atom is 0.197 e. The van der Waals surface area contributed by atoms with Gasteiger partial charge in [0.05, 0.1) is 11.3 Å². The maximum atomic E-state index is 12.8. The van der Waals surface area contributed by atoms with E-state index in [0.717, 1.165) is 21.4 Å². The average Bonchev–Trinajstić information content (AvgIpc) is 3.39. The number of pyridine rings is 1. The lowest BCUT2D eigenvalue weighted by molar-refractivity contribution is 0.0990. The summed E-state index contributed by atoms with van der Waals surface area (Å²) in [5.74, 6) is 0.759. The van der Waals surface area contributed by atoms with Gasteiger partial charge in [-0.3, -0.25) is 14.5 Å². The summed E-state index contributed by atoms with van der Waals surface area (Å²) in [5, 5.41) is 0.992. The predicted molar refractivity (Wildman–Crippen MR) is 127 cm³/mol. The fraction of sp³-hybridized carbons (Fsp3) is 0.0741. The Hall–Kier alpha value is -3.83. The predicted octanol–water partition coefficient (Wildman–Crippen LogP) is 6.54. The molecule has 0 N–H and O–H groups in total. The molecule has 0 fully saturated rings. The quantitative estimate of drug-likeness (QED) is 0.265. The minimum Gasteiger partial charge on any atom is -0.288 e. The van der Waals surface area contributed by atoms with Gasteiger partial charge >= 0.3 is 0 Å². The second kappa shape index (κ2) is 7.11. The molecule has 1 atom stereocenters. The van der Waals surface area contributed by atoms with Crippen molar-refractivity contribution in [3.05, 3.63) is 112 Å². The average molecular weight is 435 g/mol. The van der Waals surface area contributed by atoms with E-state index in [1.807, 2.05) is 30.5 Å². The Bertz CT molecular complexity index is 1360. The standard InChI is InChI=1S/C27H18N2O2S/c1-16-18-7-4-5-11-23(18)29(27-19(16)10-6-14-28-27)24-13-12-17(32-24)15-22-25(30)20-8-2-3-9-21(20)26(22)31/h2-16H,1H3. The third-order valence-corrected chi connectivity index (χ3v) is 7.18. The molecule has 154 valence electrons. The van der Waals surface area contributed by atoms with E-state index >= 15 is 0 Å². The molecule has 2 aromatic heterocycles. The molecule has 4 nitrogen and oxygen atoms in total. The minimum atomic E-state index is -0.204. The first-order chi connectivity index (χ1) is 15.6. The largest absolute Gasteiger partial charge is 0.288 e. The van der Waals surface area contributed by atoms with Crippen LogP contribution in [0, 0.1) is 0 Å². The van der Waals surface area contributed by atoms with Crippen molar-refractivity contribution in [2.24, 2.45) is 0 Å². The lowest BCUT2D eigenvalue weighted by atomic mass is 9.88. The first-order valence-electron chi connectivity index (χ1n) is 10.5. The number of fused-ring (bicyclic) bond motifs is 3. The molecule has 0 radical (unpaired) electrons. The molecule has 0 spiro atoms. The van der Waals surface area contributed by atoms with Crippen molar-refractivity contribution in [3.8, 4) is 0 Å². The van der Waals surface area contributed by atoms with Crippen LogP contribution in [0.15, 0.2) is 84.6 Å². The number of rotatable bonds is 2. The van der Waals surface area contributed by atoms with Crippen LogP contribution in [0.5, 0.6) is 0 Å². The highest BCUT2D eigenvalue weighted by atomic mass is 32.1. The van der Waals surface area contributed by atoms with Gasteiger partial charge in [0.2, 0.25) is 0 Å². The molecule has 0 amide bonds. The van der Waals surface area contributed by atoms with Gasteiger partial charge in [-0.2, -0.15) is 0 Å². The van der Waals surface area contributed by atoms with E-state index in [2.05, 4.69) is 36.1 Å². The molecule has 4 aromatic rings. The number of ketones is 2. The van der Waals surface area contributed by atoms with Crippen LogP contribution in [0.2, 0.25) is 0 Å². The molecule has 1 unspecified atom stereocenters. The van der Waals surface area contributed by atoms with Gasteiger partial charge < -0.3 is 0 Å². The van der Waals surface area contributed by atoms with Crippen molar-refractivity contribution in [2.75, 3.05) is 4.90 Å². The number of aromatic nitrogens is 1. The number of Topliss-reactive ketones (excluding diaryl/α,β-unsaturated/α-hetero) is 2. The molecular weight excluding hydrogens is 416 g/mol. The molecular formula is C27H18N2O2S. The van der Waals surface area contributed by atoms with Crippen LogP contribution in [0.4, 0.5) is 16.5 Å². The van der Waals surface area contributed by atoms with E-state index < -0.39 is 0 Å². The van der Waals surface area contributed by atoms with Crippen molar-refractivity contribution >= 4 is 45.5 Å². The third kappa shape index (κ3) is 2.71. The summed E-state index contributed by atoms with van der Waals surface area (Å²) >= 11 is 1.54. The summed E-state index contributed by atoms with van der Waals surface area (Å²) in [4.78, 5) is 33.3. The zero-order valence-electron chi connectivity index (χ0n) is 17.3. The number of anilines is 3. The summed E-state index contributed by atoms with van der Waals surface area (Å²) in [7, 11) is 0. The molecule has 2 aliphatic rings. The Kier molecular flexibility index (Phi) is 4.20. The van der Waals surface area contributed by atoms with Crippen molar-refractivity contribution in [1.29, 1.82) is 0 Å². The van der Waals surface area contributed by atoms with Gasteiger partial charge in [-0.05, 0) is 35.9 Å². The number of allylic oxidation sites excluding steroid dienone is 1. The van der Waals surface area contributed by atoms with Crippen LogP contribution in [-0.4, -0.2) is 16.6 Å². The summed E-state index contributed by atoms with van der Waals surface area (Å²) in [6.07, 6.45) is 3.53. The molecule has 3 heterocycles. The minimum absolute atomic E-state index is 0.204. The molecule has 2 aromatic carbocycles. The maximum absolute atomic E-state index is 12.8. The fourth-order valence-corrected chi connectivity index (χ4v) is 5.55. The van der Waals surface area contributed by atoms with Gasteiger partial charge in [-0.25, -0.2) is 4.98 Å². The van der Waals surface area contributed by atoms with Gasteiger partial charge in [0.15, 0.2) is 11.6 Å². The third-order valence-electron chi connectivity index (χ3n) is 6.16. The second-order valence-corrected chi connectivity index (χ2v) is 9.06. The van der Waals surface area contributed by atoms with Crippen LogP contribution in [-0.2, 0) is 0 Å². The van der Waals surface area contributed by atoms with Crippen molar-refractivity contribution in [3.63, 3.8) is 0 Å². The van der Waals surface area contributed by atoms with Crippen LogP contribution in [0.25, 0.3) is 6.08 Å². The van der Waals surface area contributed by atoms with Crippen LogP contribution >= 0.6 is 11.3 Å². The van der Waals surface area contributed by atoms with Crippen LogP contribution in [0.1, 0.15) is 49.6 Å². The van der Waals surface area contributed by atoms with Gasteiger partial charge in [0, 0.05) is 33.7 Å². The van der Waals surface area contributed by atoms with Gasteiger partial charge in [-0.1, -0.05) is 55.5 Å². The number of hydrogen-bond acceptors (Lipinski definition) is 5. The van der Waals surface area contributed by atoms with Crippen LogP contribution in [0.3, 0.4) is 0 Å². The van der Waals surface area contributed by atoms with E-state index in [4.69, 9.17) is 4.98 Å². The highest BCUT2D eigenvalue weighted by molar-refractivity contribution is 7.17. The summed E-state index contributed by atoms with van der Waals surface area (Å²) in [5.41, 5.74) is 4.72. The number of para-hydroxylation sites is 1. The normalized spacial score (nSPS) is 16.6. The molecule has 32 heavy (non-hydrogen) atoms. The first-order valence-corrected chi connectivity index (χ1v) is 11.3. The lowest BCUT2D eigenvalue weighted by Gasteiger charge is -2.34. The van der Waals surface area contributed by atoms with E-state index in [1.54, 1.807) is 41.7 Å². The van der Waals surface area contributed by atoms with Crippen molar-refractivity contribution in [1.82, 2.24) is 4.98 Å². The number of benzene rings is 2. The molecule has 0 saturated heterocycles. The number of hydrogen-bond donors (Lipinski definition) is 0. The van der Waals surface area contributed by atoms with E-state index in [9.17, 15) is 9.59 Å². The van der Waals surface area contributed by atoms with Crippen LogP contribution < -0.4 is 4.90 Å². The highest BCUT2D eigenvalue weighted by Crippen LogP contribution is 2.49. The molecule has 5 heteroatoms. The molecule has 6 rings (SSSR count). The first kappa shape index (κ1) is 18.9. The fourth-order valence-electron chi connectivity index (χ4n) is 4.58. The van der Waals surface area contributed by atoms with Gasteiger partial charge in [-0.15, -0.1) is 11.3 Å². The zero-order valence-corrected chi connectivity index (χ0v) is 18.1. The Morgan fingerprint density at radius 2 is 1.53 bits per heavy atom. The Morgan fingerprint density at radius 1 is 0.844 bits per heavy atom. The number of nitrogens with zero attached hydrogens (tertiary/aromatic N) is 2.